The minimum atomic E-state index is -0.489. The van der Waals surface area contributed by atoms with Crippen molar-refractivity contribution in [3.8, 4) is 0 Å². The van der Waals surface area contributed by atoms with Crippen molar-refractivity contribution in [3.63, 3.8) is 0 Å². The van der Waals surface area contributed by atoms with Crippen LogP contribution in [0.5, 0.6) is 0 Å². The maximum absolute atomic E-state index is 11.2. The zero-order valence-corrected chi connectivity index (χ0v) is 9.11. The van der Waals surface area contributed by atoms with Gasteiger partial charge in [-0.1, -0.05) is 12.8 Å². The summed E-state index contributed by atoms with van der Waals surface area (Å²) < 4.78 is 0. The van der Waals surface area contributed by atoms with Gasteiger partial charge in [0.05, 0.1) is 6.61 Å². The molecule has 0 aliphatic carbocycles. The number of rotatable bonds is 0. The molecule has 0 atom stereocenters. The Morgan fingerprint density at radius 3 is 2.38 bits per heavy atom. The maximum atomic E-state index is 11.2. The van der Waals surface area contributed by atoms with Gasteiger partial charge in [0.1, 0.15) is 5.78 Å². The molecule has 0 radical (unpaired) electrons. The fourth-order valence-electron chi connectivity index (χ4n) is 1.37. The van der Waals surface area contributed by atoms with Crippen LogP contribution in [-0.4, -0.2) is 18.4 Å². The Bertz CT molecular complexity index is 183. The van der Waals surface area contributed by atoms with E-state index in [1.165, 1.54) is 0 Å². The molecule has 0 aromatic rings. The Morgan fingerprint density at radius 2 is 1.56 bits per heavy atom. The Morgan fingerprint density at radius 1 is 0.812 bits per heavy atom. The molecule has 6 heteroatoms. The SMILES string of the molecule is O=C1CCCCCCC(=O)OOOOCC1. The first-order valence-electron chi connectivity index (χ1n) is 5.46. The number of ketones is 1. The van der Waals surface area contributed by atoms with Crippen molar-refractivity contribution in [3.05, 3.63) is 0 Å². The zero-order valence-electron chi connectivity index (χ0n) is 9.11. The van der Waals surface area contributed by atoms with Crippen LogP contribution in [0.25, 0.3) is 0 Å². The smallest absolute Gasteiger partial charge is 0.300 e. The Labute approximate surface area is 93.6 Å². The third-order valence-corrected chi connectivity index (χ3v) is 2.25. The zero-order chi connectivity index (χ0) is 11.6. The Kier molecular flexibility index (Phi) is 6.71. The highest BCUT2D eigenvalue weighted by Crippen LogP contribution is 2.08. The molecule has 1 heterocycles. The summed E-state index contributed by atoms with van der Waals surface area (Å²) in [5, 5.41) is 8.14. The lowest BCUT2D eigenvalue weighted by Crippen LogP contribution is -2.09. The van der Waals surface area contributed by atoms with E-state index in [0.29, 0.717) is 6.42 Å². The maximum Gasteiger partial charge on any atom is 0.345 e. The molecule has 0 amide bonds. The topological polar surface area (TPSA) is 71.1 Å². The van der Waals surface area contributed by atoms with Crippen LogP contribution in [0.4, 0.5) is 0 Å². The van der Waals surface area contributed by atoms with E-state index < -0.39 is 5.97 Å². The van der Waals surface area contributed by atoms with Crippen LogP contribution >= 0.6 is 0 Å². The predicted octanol–water partition coefficient (Wildman–Crippen LogP) is 1.64. The summed E-state index contributed by atoms with van der Waals surface area (Å²) in [7, 11) is 0. The Balaban J connectivity index is 2.23. The first kappa shape index (κ1) is 13.1. The van der Waals surface area contributed by atoms with Gasteiger partial charge in [0.15, 0.2) is 0 Å². The second-order valence-corrected chi connectivity index (χ2v) is 3.62. The molecule has 0 spiro atoms. The molecular formula is C10H16O6. The van der Waals surface area contributed by atoms with Gasteiger partial charge in [-0.2, -0.15) is 0 Å². The summed E-state index contributed by atoms with van der Waals surface area (Å²) in [4.78, 5) is 30.9. The molecule has 16 heavy (non-hydrogen) atoms. The van der Waals surface area contributed by atoms with E-state index in [0.717, 1.165) is 25.7 Å². The van der Waals surface area contributed by atoms with Crippen molar-refractivity contribution in [2.24, 2.45) is 0 Å². The summed E-state index contributed by atoms with van der Waals surface area (Å²) in [6.07, 6.45) is 4.52. The van der Waals surface area contributed by atoms with Crippen LogP contribution in [-0.2, 0) is 29.4 Å². The van der Waals surface area contributed by atoms with E-state index in [2.05, 4.69) is 19.9 Å². The highest BCUT2D eigenvalue weighted by Gasteiger charge is 2.07. The largest absolute Gasteiger partial charge is 0.345 e. The van der Waals surface area contributed by atoms with Crippen LogP contribution in [0.3, 0.4) is 0 Å². The van der Waals surface area contributed by atoms with Gasteiger partial charge in [-0.15, -0.1) is 0 Å². The molecule has 0 aromatic heterocycles. The van der Waals surface area contributed by atoms with E-state index >= 15 is 0 Å². The highest BCUT2D eigenvalue weighted by molar-refractivity contribution is 5.78. The molecule has 92 valence electrons. The molecule has 1 fully saturated rings. The minimum absolute atomic E-state index is 0.0936. The predicted molar refractivity (Wildman–Crippen MR) is 51.5 cm³/mol. The average molecular weight is 232 g/mol. The highest BCUT2D eigenvalue weighted by atomic mass is 17.7. The van der Waals surface area contributed by atoms with Crippen LogP contribution in [0.2, 0.25) is 0 Å². The summed E-state index contributed by atoms with van der Waals surface area (Å²) in [5.41, 5.74) is 0. The van der Waals surface area contributed by atoms with Crippen LogP contribution in [0.15, 0.2) is 0 Å². The third kappa shape index (κ3) is 6.49. The molecule has 0 N–H and O–H groups in total. The number of carbonyl (C=O) groups excluding carboxylic acids is 2. The van der Waals surface area contributed by atoms with E-state index in [4.69, 9.17) is 0 Å². The molecule has 1 aliphatic rings. The summed E-state index contributed by atoms with van der Waals surface area (Å²) in [6, 6.07) is 0. The molecular weight excluding hydrogens is 216 g/mol. The van der Waals surface area contributed by atoms with Gasteiger partial charge in [-0.05, 0) is 17.9 Å². The van der Waals surface area contributed by atoms with Gasteiger partial charge < -0.3 is 0 Å². The first-order valence-corrected chi connectivity index (χ1v) is 5.46. The van der Waals surface area contributed by atoms with E-state index in [1.54, 1.807) is 0 Å². The lowest BCUT2D eigenvalue weighted by Gasteiger charge is -2.04. The molecule has 1 saturated heterocycles. The molecule has 0 unspecified atom stereocenters. The van der Waals surface area contributed by atoms with Gasteiger partial charge in [-0.25, -0.2) is 9.68 Å². The fraction of sp³-hybridized carbons (Fsp3) is 0.800. The second-order valence-electron chi connectivity index (χ2n) is 3.62. The van der Waals surface area contributed by atoms with Crippen molar-refractivity contribution in [1.29, 1.82) is 0 Å². The standard InChI is InChI=1S/C10H16O6/c11-9-5-3-1-2-4-6-10(12)14-16-15-13-8-7-9/h1-8H2. The summed E-state index contributed by atoms with van der Waals surface area (Å²) >= 11 is 0. The average Bonchev–Trinajstić information content (AvgIpc) is 2.27. The third-order valence-electron chi connectivity index (χ3n) is 2.25. The number of carbonyl (C=O) groups is 2. The molecule has 0 bridgehead atoms. The second kappa shape index (κ2) is 8.20. The van der Waals surface area contributed by atoms with E-state index in [-0.39, 0.29) is 25.2 Å². The molecule has 0 saturated carbocycles. The van der Waals surface area contributed by atoms with Gasteiger partial charge in [0.2, 0.25) is 0 Å². The monoisotopic (exact) mass is 232 g/mol. The van der Waals surface area contributed by atoms with E-state index in [9.17, 15) is 9.59 Å². The molecule has 0 aromatic carbocycles. The van der Waals surface area contributed by atoms with Crippen LogP contribution in [0.1, 0.15) is 44.9 Å². The van der Waals surface area contributed by atoms with Crippen molar-refractivity contribution in [1.82, 2.24) is 0 Å². The van der Waals surface area contributed by atoms with E-state index in [1.807, 2.05) is 0 Å². The van der Waals surface area contributed by atoms with Crippen molar-refractivity contribution >= 4 is 11.8 Å². The van der Waals surface area contributed by atoms with Gasteiger partial charge in [0.25, 0.3) is 0 Å². The molecule has 1 aliphatic heterocycles. The molecule has 6 nitrogen and oxygen atoms in total. The van der Waals surface area contributed by atoms with Gasteiger partial charge >= 0.3 is 5.97 Å². The molecule has 1 rings (SSSR count). The number of Topliss-reactive ketones (excluding diaryl/α,β-unsaturated/α-hetero) is 1. The number of hydrogen-bond acceptors (Lipinski definition) is 6. The quantitative estimate of drug-likeness (QED) is 0.591. The normalized spacial score (nSPS) is 22.2. The van der Waals surface area contributed by atoms with Gasteiger partial charge in [0, 0.05) is 24.3 Å². The van der Waals surface area contributed by atoms with Crippen molar-refractivity contribution in [2.75, 3.05) is 6.61 Å². The van der Waals surface area contributed by atoms with Gasteiger partial charge in [-0.3, -0.25) is 9.68 Å². The summed E-state index contributed by atoms with van der Waals surface area (Å²) in [5.74, 6) is -0.352. The Hall–Kier alpha value is -0.980. The van der Waals surface area contributed by atoms with Crippen LogP contribution < -0.4 is 0 Å². The van der Waals surface area contributed by atoms with Crippen molar-refractivity contribution in [2.45, 2.75) is 44.9 Å². The lowest BCUT2D eigenvalue weighted by atomic mass is 10.1. The summed E-state index contributed by atoms with van der Waals surface area (Å²) in [6.45, 7) is 0.0936. The minimum Gasteiger partial charge on any atom is -0.300 e. The first-order chi connectivity index (χ1) is 7.79. The lowest BCUT2D eigenvalue weighted by molar-refractivity contribution is -0.617. The van der Waals surface area contributed by atoms with Crippen LogP contribution in [0, 0.1) is 0 Å². The van der Waals surface area contributed by atoms with Crippen molar-refractivity contribution < 1.29 is 29.4 Å². The number of hydrogen-bond donors (Lipinski definition) is 0. The fourth-order valence-corrected chi connectivity index (χ4v) is 1.37.